The summed E-state index contributed by atoms with van der Waals surface area (Å²) in [5, 5.41) is 17.4. The van der Waals surface area contributed by atoms with Crippen molar-refractivity contribution in [2.45, 2.75) is 175 Å². The van der Waals surface area contributed by atoms with Crippen LogP contribution in [0.25, 0.3) is 23.2 Å². The van der Waals surface area contributed by atoms with Gasteiger partial charge in [0.25, 0.3) is 5.91 Å². The number of hydrogen-bond donors (Lipinski definition) is 1. The SMILES string of the molecule is CCCCCCCCN(CCCCCCCC)C(=O)C(C)NC(=O)c1nn2c(-c3ccccn3)nnc2\c1=C/C(C)=C/C=C1/N(CCCCCCCC)c2ccccc2C1(C)C. The van der Waals surface area contributed by atoms with Crippen molar-refractivity contribution >= 4 is 29.2 Å². The van der Waals surface area contributed by atoms with Crippen LogP contribution in [0.5, 0.6) is 0 Å². The standard InChI is InChI=1S/C52H76N8O2/c1-8-11-14-17-20-27-36-58(37-28-21-18-15-12-9-2)51(62)41(5)54-50(61)47-42(48-55-56-49(60(48)57-47)44-31-25-26-35-53-44)39-40(4)33-34-46-52(6,7)43-30-23-24-32-45(43)59(46)38-29-22-19-16-13-10-3/h23-26,30-35,39,41H,8-22,27-29,36-38H2,1-7H3,(H,54,61)/b40-33+,42-39-,46-34+. The summed E-state index contributed by atoms with van der Waals surface area (Å²) in [7, 11) is 0. The Kier molecular flexibility index (Phi) is 19.2. The topological polar surface area (TPSA) is 109 Å². The lowest BCUT2D eigenvalue weighted by Gasteiger charge is -2.27. The summed E-state index contributed by atoms with van der Waals surface area (Å²) in [6, 6.07) is 13.6. The summed E-state index contributed by atoms with van der Waals surface area (Å²) in [5.41, 5.74) is 5.88. The predicted octanol–water partition coefficient (Wildman–Crippen LogP) is 11.3. The summed E-state index contributed by atoms with van der Waals surface area (Å²) in [4.78, 5) is 37.4. The van der Waals surface area contributed by atoms with Crippen molar-refractivity contribution in [3.8, 4) is 11.5 Å². The van der Waals surface area contributed by atoms with Gasteiger partial charge in [0, 0.05) is 42.6 Å². The fraction of sp³-hybridized carbons (Fsp3) is 0.577. The molecular weight excluding hydrogens is 769 g/mol. The molecule has 0 saturated heterocycles. The third-order valence-electron chi connectivity index (χ3n) is 12.4. The van der Waals surface area contributed by atoms with Gasteiger partial charge in [-0.1, -0.05) is 167 Å². The summed E-state index contributed by atoms with van der Waals surface area (Å²) >= 11 is 0. The largest absolute Gasteiger partial charge is 0.344 e. The monoisotopic (exact) mass is 845 g/mol. The fourth-order valence-corrected chi connectivity index (χ4v) is 8.77. The van der Waals surface area contributed by atoms with Gasteiger partial charge in [0.2, 0.25) is 11.7 Å². The molecule has 4 aromatic rings. The van der Waals surface area contributed by atoms with Gasteiger partial charge in [-0.25, -0.2) is 0 Å². The normalized spacial score (nSPS) is 15.1. The van der Waals surface area contributed by atoms with Crippen molar-refractivity contribution in [3.63, 3.8) is 0 Å². The Morgan fingerprint density at radius 3 is 2.00 bits per heavy atom. The van der Waals surface area contributed by atoms with E-state index in [1.165, 1.54) is 100 Å². The molecule has 1 aromatic carbocycles. The number of aromatic nitrogens is 5. The molecule has 1 aliphatic rings. The Bertz CT molecular complexity index is 2100. The number of carbonyl (C=O) groups is 2. The van der Waals surface area contributed by atoms with E-state index < -0.39 is 11.9 Å². The lowest BCUT2D eigenvalue weighted by atomic mass is 9.83. The molecule has 1 N–H and O–H groups in total. The average Bonchev–Trinajstić information content (AvgIpc) is 3.91. The molecule has 1 atom stereocenters. The second-order valence-electron chi connectivity index (χ2n) is 18.0. The number of carbonyl (C=O) groups excluding carboxylic acids is 2. The van der Waals surface area contributed by atoms with E-state index in [-0.39, 0.29) is 17.0 Å². The second-order valence-corrected chi connectivity index (χ2v) is 18.0. The molecule has 0 bridgehead atoms. The second kappa shape index (κ2) is 24.7. The van der Waals surface area contributed by atoms with E-state index in [0.29, 0.717) is 35.5 Å². The Hall–Kier alpha value is -4.86. The fourth-order valence-electron chi connectivity index (χ4n) is 8.77. The van der Waals surface area contributed by atoms with Crippen molar-refractivity contribution in [1.82, 2.24) is 35.0 Å². The maximum absolute atomic E-state index is 14.3. The van der Waals surface area contributed by atoms with Crippen LogP contribution in [0.4, 0.5) is 5.69 Å². The predicted molar refractivity (Wildman–Crippen MR) is 256 cm³/mol. The average molecular weight is 845 g/mol. The van der Waals surface area contributed by atoms with Crippen molar-refractivity contribution < 1.29 is 9.59 Å². The number of benzene rings is 1. The van der Waals surface area contributed by atoms with Gasteiger partial charge < -0.3 is 15.1 Å². The molecule has 336 valence electrons. The van der Waals surface area contributed by atoms with E-state index in [9.17, 15) is 9.59 Å². The van der Waals surface area contributed by atoms with Crippen LogP contribution < -0.4 is 15.4 Å². The van der Waals surface area contributed by atoms with Crippen molar-refractivity contribution in [2.75, 3.05) is 24.5 Å². The Labute approximate surface area is 372 Å². The number of nitrogens with one attached hydrogen (secondary N) is 1. The highest BCUT2D eigenvalue weighted by Crippen LogP contribution is 2.47. The zero-order valence-corrected chi connectivity index (χ0v) is 39.2. The maximum atomic E-state index is 14.3. The van der Waals surface area contributed by atoms with Crippen molar-refractivity contribution in [2.24, 2.45) is 0 Å². The molecule has 2 amide bonds. The molecule has 5 rings (SSSR count). The molecular formula is C52H76N8O2. The van der Waals surface area contributed by atoms with Crippen LogP contribution in [0.1, 0.15) is 180 Å². The minimum atomic E-state index is -0.724. The summed E-state index contributed by atoms with van der Waals surface area (Å²) in [5.74, 6) is -0.0223. The first-order valence-corrected chi connectivity index (χ1v) is 24.2. The smallest absolute Gasteiger partial charge is 0.273 e. The molecule has 4 heterocycles. The van der Waals surface area contributed by atoms with E-state index in [2.05, 4.69) is 96.4 Å². The van der Waals surface area contributed by atoms with Gasteiger partial charge >= 0.3 is 0 Å². The molecule has 0 fully saturated rings. The Morgan fingerprint density at radius 2 is 1.37 bits per heavy atom. The first-order valence-electron chi connectivity index (χ1n) is 24.2. The van der Waals surface area contributed by atoms with Gasteiger partial charge in [-0.15, -0.1) is 10.2 Å². The highest BCUT2D eigenvalue weighted by Gasteiger charge is 2.39. The number of allylic oxidation sites excluding steroid dienone is 4. The molecule has 3 aromatic heterocycles. The van der Waals surface area contributed by atoms with Crippen LogP contribution in [0.2, 0.25) is 0 Å². The molecule has 0 radical (unpaired) electrons. The van der Waals surface area contributed by atoms with Crippen LogP contribution in [0.15, 0.2) is 72.1 Å². The zero-order valence-electron chi connectivity index (χ0n) is 39.2. The molecule has 10 heteroatoms. The highest BCUT2D eigenvalue weighted by molar-refractivity contribution is 5.97. The number of hydrogen-bond acceptors (Lipinski definition) is 7. The van der Waals surface area contributed by atoms with Gasteiger partial charge in [-0.05, 0) is 69.0 Å². The molecule has 0 spiro atoms. The van der Waals surface area contributed by atoms with E-state index in [4.69, 9.17) is 5.10 Å². The van der Waals surface area contributed by atoms with Gasteiger partial charge in [-0.2, -0.15) is 9.61 Å². The first kappa shape index (κ1) is 48.2. The van der Waals surface area contributed by atoms with E-state index in [0.717, 1.165) is 44.2 Å². The zero-order chi connectivity index (χ0) is 44.3. The number of nitrogens with zero attached hydrogens (tertiary/aromatic N) is 7. The third-order valence-corrected chi connectivity index (χ3v) is 12.4. The lowest BCUT2D eigenvalue weighted by molar-refractivity contribution is -0.133. The molecule has 0 aliphatic carbocycles. The van der Waals surface area contributed by atoms with Crippen LogP contribution in [-0.4, -0.2) is 67.2 Å². The third kappa shape index (κ3) is 12.9. The van der Waals surface area contributed by atoms with Crippen molar-refractivity contribution in [1.29, 1.82) is 0 Å². The lowest BCUT2D eigenvalue weighted by Crippen LogP contribution is -2.48. The number of fused-ring (bicyclic) bond motifs is 2. The number of unbranched alkanes of at least 4 members (excludes halogenated alkanes) is 15. The summed E-state index contributed by atoms with van der Waals surface area (Å²) in [6.07, 6.45) is 29.4. The number of amides is 2. The Morgan fingerprint density at radius 1 is 0.774 bits per heavy atom. The minimum Gasteiger partial charge on any atom is -0.344 e. The molecule has 1 aliphatic heterocycles. The van der Waals surface area contributed by atoms with Crippen LogP contribution in [0.3, 0.4) is 0 Å². The van der Waals surface area contributed by atoms with Crippen LogP contribution in [0, 0.1) is 0 Å². The van der Waals surface area contributed by atoms with E-state index >= 15 is 0 Å². The number of para-hydroxylation sites is 1. The first-order chi connectivity index (χ1) is 30.1. The highest BCUT2D eigenvalue weighted by atomic mass is 16.2. The van der Waals surface area contributed by atoms with Crippen LogP contribution >= 0.6 is 0 Å². The number of rotatable bonds is 27. The van der Waals surface area contributed by atoms with Gasteiger partial charge in [0.15, 0.2) is 11.3 Å². The maximum Gasteiger partial charge on any atom is 0.273 e. The van der Waals surface area contributed by atoms with E-state index in [1.54, 1.807) is 17.6 Å². The summed E-state index contributed by atoms with van der Waals surface area (Å²) in [6.45, 7) is 17.5. The summed E-state index contributed by atoms with van der Waals surface area (Å²) < 4.78 is 1.60. The Balaban J connectivity index is 1.43. The van der Waals surface area contributed by atoms with Crippen molar-refractivity contribution in [3.05, 3.63) is 88.6 Å². The number of anilines is 1. The minimum absolute atomic E-state index is 0.0495. The molecule has 10 nitrogen and oxygen atoms in total. The number of pyridine rings is 1. The van der Waals surface area contributed by atoms with Crippen LogP contribution in [-0.2, 0) is 10.2 Å². The van der Waals surface area contributed by atoms with Gasteiger partial charge in [0.1, 0.15) is 11.7 Å². The molecule has 0 saturated carbocycles. The molecule has 62 heavy (non-hydrogen) atoms. The molecule has 1 unspecified atom stereocenters. The quantitative estimate of drug-likeness (QED) is 0.0595. The van der Waals surface area contributed by atoms with E-state index in [1.807, 2.05) is 36.1 Å². The van der Waals surface area contributed by atoms with Gasteiger partial charge in [-0.3, -0.25) is 14.6 Å². The van der Waals surface area contributed by atoms with Gasteiger partial charge in [0.05, 0.1) is 5.22 Å².